The van der Waals surface area contributed by atoms with Gasteiger partial charge in [-0.25, -0.2) is 0 Å². The molecule has 1 aromatic carbocycles. The van der Waals surface area contributed by atoms with Gasteiger partial charge in [-0.05, 0) is 24.6 Å². The first-order valence-corrected chi connectivity index (χ1v) is 6.43. The molecule has 2 amide bonds. The van der Waals surface area contributed by atoms with Crippen LogP contribution >= 0.6 is 0 Å². The van der Waals surface area contributed by atoms with E-state index in [0.717, 1.165) is 17.0 Å². The molecule has 114 valence electrons. The van der Waals surface area contributed by atoms with Crippen molar-refractivity contribution in [3.63, 3.8) is 0 Å². The molecule has 0 radical (unpaired) electrons. The van der Waals surface area contributed by atoms with Gasteiger partial charge in [0.1, 0.15) is 0 Å². The van der Waals surface area contributed by atoms with Gasteiger partial charge in [-0.15, -0.1) is 0 Å². The van der Waals surface area contributed by atoms with Crippen molar-refractivity contribution < 1.29 is 22.8 Å². The van der Waals surface area contributed by atoms with Crippen LogP contribution in [0, 0.1) is 0 Å². The number of halogens is 3. The minimum atomic E-state index is -4.41. The number of amides is 2. The van der Waals surface area contributed by atoms with Crippen LogP contribution in [-0.2, 0) is 15.8 Å². The fourth-order valence-electron chi connectivity index (χ4n) is 2.27. The van der Waals surface area contributed by atoms with Gasteiger partial charge >= 0.3 is 6.18 Å². The van der Waals surface area contributed by atoms with Crippen LogP contribution in [0.5, 0.6) is 0 Å². The molecule has 21 heavy (non-hydrogen) atoms. The van der Waals surface area contributed by atoms with E-state index in [1.165, 1.54) is 13.1 Å². The summed E-state index contributed by atoms with van der Waals surface area (Å²) in [7, 11) is 1.39. The number of likely N-dealkylation sites (N-methyl/N-ethyl adjacent to an activating group) is 1. The molecule has 7 heteroatoms. The summed E-state index contributed by atoms with van der Waals surface area (Å²) in [6, 6.07) is 3.76. The van der Waals surface area contributed by atoms with Gasteiger partial charge < -0.3 is 0 Å². The molecule has 1 aliphatic rings. The Hall–Kier alpha value is -1.89. The maximum atomic E-state index is 12.7. The lowest BCUT2D eigenvalue weighted by Gasteiger charge is -2.19. The number of hydrogen-bond acceptors (Lipinski definition) is 3. The Morgan fingerprint density at radius 2 is 2.00 bits per heavy atom. The predicted molar refractivity (Wildman–Crippen MR) is 69.2 cm³/mol. The van der Waals surface area contributed by atoms with Crippen molar-refractivity contribution in [3.8, 4) is 0 Å². The van der Waals surface area contributed by atoms with E-state index >= 15 is 0 Å². The van der Waals surface area contributed by atoms with E-state index < -0.39 is 23.8 Å². The summed E-state index contributed by atoms with van der Waals surface area (Å²) in [4.78, 5) is 24.2. The second-order valence-corrected chi connectivity index (χ2v) is 5.06. The number of hydrogen-bond donors (Lipinski definition) is 1. The van der Waals surface area contributed by atoms with Crippen molar-refractivity contribution in [3.05, 3.63) is 35.4 Å². The molecule has 1 fully saturated rings. The molecule has 0 bridgehead atoms. The number of carbonyl (C=O) groups excluding carboxylic acids is 2. The van der Waals surface area contributed by atoms with Crippen LogP contribution in [0.15, 0.2) is 24.3 Å². The first-order chi connectivity index (χ1) is 9.70. The zero-order valence-corrected chi connectivity index (χ0v) is 11.6. The summed E-state index contributed by atoms with van der Waals surface area (Å²) < 4.78 is 38.0. The number of benzene rings is 1. The standard InChI is InChI=1S/C14H15F3N2O2/c1-8(18-11-7-12(20)19(2)13(11)21)9-4-3-5-10(6-9)14(15,16)17/h3-6,8,11,18H,7H2,1-2H3. The lowest BCUT2D eigenvalue weighted by Crippen LogP contribution is -2.38. The maximum absolute atomic E-state index is 12.7. The molecule has 1 aromatic rings. The zero-order valence-electron chi connectivity index (χ0n) is 11.6. The lowest BCUT2D eigenvalue weighted by molar-refractivity contribution is -0.138. The van der Waals surface area contributed by atoms with Gasteiger partial charge in [0.05, 0.1) is 18.0 Å². The molecule has 1 heterocycles. The number of alkyl halides is 3. The fraction of sp³-hybridized carbons (Fsp3) is 0.429. The predicted octanol–water partition coefficient (Wildman–Crippen LogP) is 2.11. The molecule has 1 aliphatic heterocycles. The average Bonchev–Trinajstić information content (AvgIpc) is 2.65. The van der Waals surface area contributed by atoms with Crippen molar-refractivity contribution in [1.82, 2.24) is 10.2 Å². The number of rotatable bonds is 3. The number of likely N-dealkylation sites (tertiary alicyclic amines) is 1. The van der Waals surface area contributed by atoms with Gasteiger partial charge in [0, 0.05) is 13.1 Å². The lowest BCUT2D eigenvalue weighted by atomic mass is 10.0. The van der Waals surface area contributed by atoms with Crippen LogP contribution in [-0.4, -0.2) is 29.8 Å². The maximum Gasteiger partial charge on any atom is 0.416 e. The first kappa shape index (κ1) is 15.5. The van der Waals surface area contributed by atoms with Gasteiger partial charge in [-0.3, -0.25) is 19.8 Å². The van der Waals surface area contributed by atoms with E-state index in [1.54, 1.807) is 13.0 Å². The smallest absolute Gasteiger partial charge is 0.299 e. The van der Waals surface area contributed by atoms with Crippen molar-refractivity contribution >= 4 is 11.8 Å². The Labute approximate surface area is 119 Å². The number of carbonyl (C=O) groups is 2. The molecular weight excluding hydrogens is 285 g/mol. The third-order valence-electron chi connectivity index (χ3n) is 3.55. The Bertz CT molecular complexity index is 572. The Kier molecular flexibility index (Phi) is 4.04. The minimum Gasteiger partial charge on any atom is -0.299 e. The highest BCUT2D eigenvalue weighted by molar-refractivity contribution is 6.05. The monoisotopic (exact) mass is 300 g/mol. The molecule has 0 aromatic heterocycles. The van der Waals surface area contributed by atoms with E-state index in [-0.39, 0.29) is 18.2 Å². The molecule has 1 saturated heterocycles. The number of nitrogens with one attached hydrogen (secondary N) is 1. The zero-order chi connectivity index (χ0) is 15.8. The molecule has 2 atom stereocenters. The SMILES string of the molecule is CC(NC1CC(=O)N(C)C1=O)c1cccc(C(F)(F)F)c1. The Balaban J connectivity index is 2.13. The van der Waals surface area contributed by atoms with Crippen molar-refractivity contribution in [2.24, 2.45) is 0 Å². The fourth-order valence-corrected chi connectivity index (χ4v) is 2.27. The van der Waals surface area contributed by atoms with Gasteiger partial charge in [-0.1, -0.05) is 12.1 Å². The first-order valence-electron chi connectivity index (χ1n) is 6.43. The third-order valence-corrected chi connectivity index (χ3v) is 3.55. The molecule has 0 saturated carbocycles. The Morgan fingerprint density at radius 1 is 1.33 bits per heavy atom. The molecule has 0 aliphatic carbocycles. The van der Waals surface area contributed by atoms with E-state index in [2.05, 4.69) is 5.32 Å². The number of nitrogens with zero attached hydrogens (tertiary/aromatic N) is 1. The largest absolute Gasteiger partial charge is 0.416 e. The second-order valence-electron chi connectivity index (χ2n) is 5.06. The van der Waals surface area contributed by atoms with Gasteiger partial charge in [0.2, 0.25) is 11.8 Å². The Morgan fingerprint density at radius 3 is 2.52 bits per heavy atom. The quantitative estimate of drug-likeness (QED) is 0.870. The summed E-state index contributed by atoms with van der Waals surface area (Å²) in [6.45, 7) is 1.66. The molecule has 1 N–H and O–H groups in total. The van der Waals surface area contributed by atoms with Gasteiger partial charge in [0.15, 0.2) is 0 Å². The molecular formula is C14H15F3N2O2. The van der Waals surface area contributed by atoms with E-state index in [1.807, 2.05) is 0 Å². The summed E-state index contributed by atoms with van der Waals surface area (Å²) >= 11 is 0. The summed E-state index contributed by atoms with van der Waals surface area (Å²) in [5, 5.41) is 2.90. The molecule has 2 unspecified atom stereocenters. The highest BCUT2D eigenvalue weighted by Crippen LogP contribution is 2.31. The van der Waals surface area contributed by atoms with Crippen LogP contribution < -0.4 is 5.32 Å². The topological polar surface area (TPSA) is 49.4 Å². The van der Waals surface area contributed by atoms with E-state index in [4.69, 9.17) is 0 Å². The third kappa shape index (κ3) is 3.24. The number of imide groups is 1. The normalized spacial score (nSPS) is 21.0. The van der Waals surface area contributed by atoms with Crippen molar-refractivity contribution in [2.75, 3.05) is 7.05 Å². The highest BCUT2D eigenvalue weighted by atomic mass is 19.4. The molecule has 2 rings (SSSR count). The van der Waals surface area contributed by atoms with Gasteiger partial charge in [0.25, 0.3) is 0 Å². The summed E-state index contributed by atoms with van der Waals surface area (Å²) in [5.41, 5.74) is -0.320. The van der Waals surface area contributed by atoms with Crippen LogP contribution in [0.25, 0.3) is 0 Å². The van der Waals surface area contributed by atoms with Crippen LogP contribution in [0.3, 0.4) is 0 Å². The van der Waals surface area contributed by atoms with E-state index in [0.29, 0.717) is 5.56 Å². The van der Waals surface area contributed by atoms with Crippen LogP contribution in [0.1, 0.15) is 30.5 Å². The molecule has 4 nitrogen and oxygen atoms in total. The van der Waals surface area contributed by atoms with E-state index in [9.17, 15) is 22.8 Å². The summed E-state index contributed by atoms with van der Waals surface area (Å²) in [5.74, 6) is -0.660. The van der Waals surface area contributed by atoms with Gasteiger partial charge in [-0.2, -0.15) is 13.2 Å². The average molecular weight is 300 g/mol. The highest BCUT2D eigenvalue weighted by Gasteiger charge is 2.37. The summed E-state index contributed by atoms with van der Waals surface area (Å²) in [6.07, 6.45) is -4.38. The van der Waals surface area contributed by atoms with Crippen molar-refractivity contribution in [1.29, 1.82) is 0 Å². The van der Waals surface area contributed by atoms with Crippen molar-refractivity contribution in [2.45, 2.75) is 31.6 Å². The van der Waals surface area contributed by atoms with Crippen LogP contribution in [0.4, 0.5) is 13.2 Å². The molecule has 0 spiro atoms. The van der Waals surface area contributed by atoms with Crippen LogP contribution in [0.2, 0.25) is 0 Å². The minimum absolute atomic E-state index is 0.0264. The second kappa shape index (κ2) is 5.48.